The molecule has 2 rings (SSSR count). The number of hydrogen-bond donors (Lipinski definition) is 2. The molecule has 0 fully saturated rings. The number of hydrogen-bond acceptors (Lipinski definition) is 1. The van der Waals surface area contributed by atoms with Crippen LogP contribution in [0.2, 0.25) is 5.02 Å². The average Bonchev–Trinajstić information content (AvgIpc) is 2.44. The van der Waals surface area contributed by atoms with E-state index in [9.17, 15) is 9.18 Å². The van der Waals surface area contributed by atoms with E-state index >= 15 is 0 Å². The number of urea groups is 1. The van der Waals surface area contributed by atoms with E-state index in [1.54, 1.807) is 0 Å². The number of rotatable bonds is 3. The zero-order chi connectivity index (χ0) is 16.3. The summed E-state index contributed by atoms with van der Waals surface area (Å²) in [6.45, 7) is 5.88. The molecule has 2 aromatic carbocycles. The van der Waals surface area contributed by atoms with Crippen LogP contribution in [0.4, 0.5) is 14.9 Å². The van der Waals surface area contributed by atoms with Crippen LogP contribution < -0.4 is 10.6 Å². The average molecular weight is 321 g/mol. The molecule has 0 spiro atoms. The summed E-state index contributed by atoms with van der Waals surface area (Å²) >= 11 is 5.68. The third-order valence-electron chi connectivity index (χ3n) is 3.43. The summed E-state index contributed by atoms with van der Waals surface area (Å²) in [4.78, 5) is 12.0. The van der Waals surface area contributed by atoms with Gasteiger partial charge in [-0.15, -0.1) is 0 Å². The summed E-state index contributed by atoms with van der Waals surface area (Å²) < 4.78 is 13.7. The molecule has 0 bridgehead atoms. The Morgan fingerprint density at radius 3 is 2.59 bits per heavy atom. The van der Waals surface area contributed by atoms with Gasteiger partial charge in [0, 0.05) is 5.02 Å². The van der Waals surface area contributed by atoms with E-state index < -0.39 is 11.8 Å². The maximum Gasteiger partial charge on any atom is 0.319 e. The minimum Gasteiger partial charge on any atom is -0.331 e. The van der Waals surface area contributed by atoms with E-state index in [2.05, 4.69) is 10.6 Å². The summed E-state index contributed by atoms with van der Waals surface area (Å²) in [7, 11) is 0. The molecule has 2 aromatic rings. The first kappa shape index (κ1) is 16.3. The van der Waals surface area contributed by atoms with Crippen LogP contribution in [0, 0.1) is 19.7 Å². The number of amides is 2. The Morgan fingerprint density at radius 2 is 1.91 bits per heavy atom. The summed E-state index contributed by atoms with van der Waals surface area (Å²) in [5.74, 6) is -0.568. The van der Waals surface area contributed by atoms with E-state index in [1.165, 1.54) is 12.1 Å². The van der Waals surface area contributed by atoms with Gasteiger partial charge in [-0.2, -0.15) is 0 Å². The highest BCUT2D eigenvalue weighted by atomic mass is 35.5. The van der Waals surface area contributed by atoms with Crippen LogP contribution in [0.3, 0.4) is 0 Å². The Hall–Kier alpha value is -2.07. The van der Waals surface area contributed by atoms with Crippen molar-refractivity contribution >= 4 is 23.3 Å². The Kier molecular flexibility index (Phi) is 5.03. The van der Waals surface area contributed by atoms with Gasteiger partial charge in [-0.1, -0.05) is 35.4 Å². The first-order valence-corrected chi connectivity index (χ1v) is 7.34. The van der Waals surface area contributed by atoms with Crippen molar-refractivity contribution in [1.29, 1.82) is 0 Å². The van der Waals surface area contributed by atoms with Crippen molar-refractivity contribution in [3.63, 3.8) is 0 Å². The molecule has 0 aliphatic rings. The summed E-state index contributed by atoms with van der Waals surface area (Å²) in [5.41, 5.74) is 3.34. The summed E-state index contributed by atoms with van der Waals surface area (Å²) in [5, 5.41) is 5.58. The number of carbonyl (C=O) groups excluding carboxylic acids is 1. The lowest BCUT2D eigenvalue weighted by Crippen LogP contribution is -2.31. The van der Waals surface area contributed by atoms with Gasteiger partial charge in [0.1, 0.15) is 5.82 Å². The molecule has 1 atom stereocenters. The zero-order valence-electron chi connectivity index (χ0n) is 12.7. The van der Waals surface area contributed by atoms with Crippen LogP contribution in [-0.2, 0) is 0 Å². The van der Waals surface area contributed by atoms with Gasteiger partial charge in [0.05, 0.1) is 11.7 Å². The lowest BCUT2D eigenvalue weighted by molar-refractivity contribution is 0.249. The quantitative estimate of drug-likeness (QED) is 0.823. The molecule has 0 saturated carbocycles. The standard InChI is InChI=1S/C17H18ClFN2O/c1-10-4-5-11(2)14(8-10)12(3)20-17(22)21-16-7-6-13(18)9-15(16)19/h4-9,12H,1-3H3,(H2,20,21,22)/t12-/m1/s1. The smallest absolute Gasteiger partial charge is 0.319 e. The van der Waals surface area contributed by atoms with Crippen molar-refractivity contribution in [2.75, 3.05) is 5.32 Å². The van der Waals surface area contributed by atoms with Crippen molar-refractivity contribution in [3.8, 4) is 0 Å². The van der Waals surface area contributed by atoms with E-state index in [0.29, 0.717) is 0 Å². The fourth-order valence-electron chi connectivity index (χ4n) is 2.25. The predicted octanol–water partition coefficient (Wildman–Crippen LogP) is 4.98. The van der Waals surface area contributed by atoms with Gasteiger partial charge >= 0.3 is 6.03 Å². The van der Waals surface area contributed by atoms with Gasteiger partial charge in [-0.25, -0.2) is 9.18 Å². The molecule has 0 aromatic heterocycles. The van der Waals surface area contributed by atoms with Crippen LogP contribution in [0.25, 0.3) is 0 Å². The van der Waals surface area contributed by atoms with Crippen LogP contribution in [0.1, 0.15) is 29.7 Å². The fraction of sp³-hybridized carbons (Fsp3) is 0.235. The first-order chi connectivity index (χ1) is 10.4. The molecule has 3 nitrogen and oxygen atoms in total. The van der Waals surface area contributed by atoms with Gasteiger partial charge < -0.3 is 10.6 Å². The molecule has 0 radical (unpaired) electrons. The maximum atomic E-state index is 13.7. The number of anilines is 1. The summed E-state index contributed by atoms with van der Waals surface area (Å²) in [6, 6.07) is 9.53. The number of halogens is 2. The highest BCUT2D eigenvalue weighted by molar-refractivity contribution is 6.30. The second kappa shape index (κ2) is 6.79. The molecule has 0 saturated heterocycles. The van der Waals surface area contributed by atoms with Gasteiger partial charge in [-0.3, -0.25) is 0 Å². The van der Waals surface area contributed by atoms with Gasteiger partial charge in [-0.05, 0) is 50.1 Å². The Labute approximate surface area is 134 Å². The molecule has 0 aliphatic heterocycles. The molecule has 0 unspecified atom stereocenters. The fourth-order valence-corrected chi connectivity index (χ4v) is 2.41. The number of aryl methyl sites for hydroxylation is 2. The highest BCUT2D eigenvalue weighted by Gasteiger charge is 2.13. The largest absolute Gasteiger partial charge is 0.331 e. The molecular weight excluding hydrogens is 303 g/mol. The monoisotopic (exact) mass is 320 g/mol. The number of carbonyl (C=O) groups is 1. The van der Waals surface area contributed by atoms with Gasteiger partial charge in [0.25, 0.3) is 0 Å². The van der Waals surface area contributed by atoms with Crippen LogP contribution in [0.5, 0.6) is 0 Å². The molecule has 2 amide bonds. The van der Waals surface area contributed by atoms with E-state index in [-0.39, 0.29) is 16.8 Å². The van der Waals surface area contributed by atoms with Gasteiger partial charge in [0.2, 0.25) is 0 Å². The molecule has 0 aliphatic carbocycles. The zero-order valence-corrected chi connectivity index (χ0v) is 13.5. The lowest BCUT2D eigenvalue weighted by Gasteiger charge is -2.18. The Bertz CT molecular complexity index is 703. The minimum atomic E-state index is -0.568. The second-order valence-corrected chi connectivity index (χ2v) is 5.74. The SMILES string of the molecule is Cc1ccc(C)c([C@@H](C)NC(=O)Nc2ccc(Cl)cc2F)c1. The van der Waals surface area contributed by atoms with Crippen LogP contribution >= 0.6 is 11.6 Å². The third kappa shape index (κ3) is 3.98. The molecule has 116 valence electrons. The second-order valence-electron chi connectivity index (χ2n) is 5.30. The predicted molar refractivity (Wildman–Crippen MR) is 87.9 cm³/mol. The Morgan fingerprint density at radius 1 is 1.18 bits per heavy atom. The van der Waals surface area contributed by atoms with Crippen molar-refractivity contribution < 1.29 is 9.18 Å². The van der Waals surface area contributed by atoms with Crippen molar-refractivity contribution in [2.45, 2.75) is 26.8 Å². The maximum absolute atomic E-state index is 13.7. The first-order valence-electron chi connectivity index (χ1n) is 6.96. The highest BCUT2D eigenvalue weighted by Crippen LogP contribution is 2.21. The molecule has 5 heteroatoms. The number of nitrogens with one attached hydrogen (secondary N) is 2. The van der Waals surface area contributed by atoms with E-state index in [4.69, 9.17) is 11.6 Å². The Balaban J connectivity index is 2.06. The van der Waals surface area contributed by atoms with Crippen molar-refractivity contribution in [3.05, 3.63) is 63.9 Å². The topological polar surface area (TPSA) is 41.1 Å². The van der Waals surface area contributed by atoms with E-state index in [1.807, 2.05) is 39.0 Å². The third-order valence-corrected chi connectivity index (χ3v) is 3.66. The van der Waals surface area contributed by atoms with Crippen LogP contribution in [-0.4, -0.2) is 6.03 Å². The van der Waals surface area contributed by atoms with Crippen molar-refractivity contribution in [2.24, 2.45) is 0 Å². The van der Waals surface area contributed by atoms with Gasteiger partial charge in [0.15, 0.2) is 0 Å². The molecule has 2 N–H and O–H groups in total. The normalized spacial score (nSPS) is 11.9. The minimum absolute atomic E-state index is 0.0927. The molecule has 0 heterocycles. The summed E-state index contributed by atoms with van der Waals surface area (Å²) in [6.07, 6.45) is 0. The molecule has 22 heavy (non-hydrogen) atoms. The van der Waals surface area contributed by atoms with E-state index in [0.717, 1.165) is 22.8 Å². The van der Waals surface area contributed by atoms with Crippen molar-refractivity contribution in [1.82, 2.24) is 5.32 Å². The molecular formula is C17H18ClFN2O. The lowest BCUT2D eigenvalue weighted by atomic mass is 10.0. The number of benzene rings is 2. The van der Waals surface area contributed by atoms with Crippen LogP contribution in [0.15, 0.2) is 36.4 Å².